The molecule has 6 heteroatoms. The fourth-order valence-corrected chi connectivity index (χ4v) is 2.41. The number of carbonyl (C=O) groups is 2. The molecular weight excluding hydrogens is 282 g/mol. The smallest absolute Gasteiger partial charge is 0.230 e. The van der Waals surface area contributed by atoms with Gasteiger partial charge in [0.15, 0.2) is 5.78 Å². The zero-order chi connectivity index (χ0) is 15.7. The van der Waals surface area contributed by atoms with E-state index in [1.165, 1.54) is 20.2 Å². The van der Waals surface area contributed by atoms with Crippen LogP contribution >= 0.6 is 0 Å². The van der Waals surface area contributed by atoms with Crippen LogP contribution in [0.25, 0.3) is 22.2 Å². The number of aromatic amines is 1. The summed E-state index contributed by atoms with van der Waals surface area (Å²) in [5.74, 6) is -0.554. The third-order valence-corrected chi connectivity index (χ3v) is 3.42. The van der Waals surface area contributed by atoms with E-state index >= 15 is 0 Å². The molecular formula is C16H13N3O3. The van der Waals surface area contributed by atoms with E-state index in [2.05, 4.69) is 15.0 Å². The Bertz CT molecular complexity index is 869. The summed E-state index contributed by atoms with van der Waals surface area (Å²) in [5.41, 5.74) is 2.43. The molecule has 2 heterocycles. The number of ketones is 2. The minimum atomic E-state index is -0.555. The van der Waals surface area contributed by atoms with E-state index in [0.717, 1.165) is 5.56 Å². The number of carbonyl (C=O) groups excluding carboxylic acids is 2. The van der Waals surface area contributed by atoms with E-state index in [9.17, 15) is 9.59 Å². The molecule has 0 bridgehead atoms. The van der Waals surface area contributed by atoms with Gasteiger partial charge >= 0.3 is 0 Å². The Morgan fingerprint density at radius 3 is 2.68 bits per heavy atom. The molecule has 0 aliphatic rings. The number of hydrogen-bond donors (Lipinski definition) is 1. The van der Waals surface area contributed by atoms with Gasteiger partial charge in [-0.05, 0) is 12.1 Å². The maximum atomic E-state index is 12.1. The summed E-state index contributed by atoms with van der Waals surface area (Å²) in [6.07, 6.45) is 6.34. The second-order valence-electron chi connectivity index (χ2n) is 4.74. The fourth-order valence-electron chi connectivity index (χ4n) is 2.41. The predicted octanol–water partition coefficient (Wildman–Crippen LogP) is 2.41. The lowest BCUT2D eigenvalue weighted by Gasteiger charge is -2.07. The summed E-state index contributed by atoms with van der Waals surface area (Å²) in [5, 5.41) is 0.575. The first-order valence-corrected chi connectivity index (χ1v) is 6.63. The summed E-state index contributed by atoms with van der Waals surface area (Å²) in [7, 11) is 1.52. The molecule has 110 valence electrons. The van der Waals surface area contributed by atoms with E-state index in [-0.39, 0.29) is 0 Å². The molecule has 2 aromatic heterocycles. The van der Waals surface area contributed by atoms with Gasteiger partial charge in [0.1, 0.15) is 5.75 Å². The molecule has 3 rings (SSSR count). The summed E-state index contributed by atoms with van der Waals surface area (Å²) in [4.78, 5) is 34.9. The number of aromatic nitrogens is 3. The predicted molar refractivity (Wildman–Crippen MR) is 80.9 cm³/mol. The van der Waals surface area contributed by atoms with Crippen molar-refractivity contribution in [2.45, 2.75) is 6.92 Å². The topological polar surface area (TPSA) is 84.9 Å². The van der Waals surface area contributed by atoms with Gasteiger partial charge in [0.25, 0.3) is 0 Å². The number of rotatable bonds is 4. The Morgan fingerprint density at radius 2 is 2.05 bits per heavy atom. The number of fused-ring (bicyclic) bond motifs is 1. The first-order valence-electron chi connectivity index (χ1n) is 6.63. The van der Waals surface area contributed by atoms with Crippen LogP contribution in [-0.2, 0) is 4.79 Å². The van der Waals surface area contributed by atoms with E-state index in [0.29, 0.717) is 27.9 Å². The van der Waals surface area contributed by atoms with Crippen molar-refractivity contribution in [3.05, 3.63) is 42.5 Å². The van der Waals surface area contributed by atoms with Crippen LogP contribution in [0.15, 0.2) is 36.9 Å². The number of nitrogens with zero attached hydrogens (tertiary/aromatic N) is 2. The Hall–Kier alpha value is -3.02. The average molecular weight is 295 g/mol. The molecule has 0 aliphatic carbocycles. The van der Waals surface area contributed by atoms with Crippen LogP contribution in [0, 0.1) is 0 Å². The zero-order valence-corrected chi connectivity index (χ0v) is 12.1. The highest BCUT2D eigenvalue weighted by Gasteiger charge is 2.21. The highest BCUT2D eigenvalue weighted by molar-refractivity contribution is 6.45. The fraction of sp³-hybridized carbons (Fsp3) is 0.125. The van der Waals surface area contributed by atoms with Crippen molar-refractivity contribution >= 4 is 22.5 Å². The number of hydrogen-bond acceptors (Lipinski definition) is 5. The average Bonchev–Trinajstić information content (AvgIpc) is 2.99. The molecule has 3 aromatic rings. The van der Waals surface area contributed by atoms with Crippen LogP contribution in [0.1, 0.15) is 17.3 Å². The molecule has 0 saturated heterocycles. The van der Waals surface area contributed by atoms with Gasteiger partial charge in [-0.15, -0.1) is 0 Å². The van der Waals surface area contributed by atoms with Crippen molar-refractivity contribution in [3.63, 3.8) is 0 Å². The summed E-state index contributed by atoms with van der Waals surface area (Å²) < 4.78 is 5.33. The molecule has 0 atom stereocenters. The Kier molecular flexibility index (Phi) is 3.42. The van der Waals surface area contributed by atoms with Gasteiger partial charge in [-0.25, -0.2) is 0 Å². The van der Waals surface area contributed by atoms with Gasteiger partial charge in [-0.2, -0.15) is 0 Å². The molecule has 6 nitrogen and oxygen atoms in total. The lowest BCUT2D eigenvalue weighted by atomic mass is 10.0. The van der Waals surface area contributed by atoms with Crippen LogP contribution in [0.2, 0.25) is 0 Å². The Balaban J connectivity index is 2.31. The van der Waals surface area contributed by atoms with Crippen molar-refractivity contribution in [1.82, 2.24) is 15.0 Å². The molecule has 0 radical (unpaired) electrons. The van der Waals surface area contributed by atoms with Gasteiger partial charge < -0.3 is 9.72 Å². The first-order chi connectivity index (χ1) is 10.6. The Morgan fingerprint density at radius 1 is 1.23 bits per heavy atom. The molecule has 0 aliphatic heterocycles. The maximum Gasteiger partial charge on any atom is 0.230 e. The maximum absolute atomic E-state index is 12.1. The largest absolute Gasteiger partial charge is 0.496 e. The van der Waals surface area contributed by atoms with Crippen molar-refractivity contribution in [1.29, 1.82) is 0 Å². The molecule has 0 saturated carbocycles. The van der Waals surface area contributed by atoms with Gasteiger partial charge in [0, 0.05) is 31.1 Å². The van der Waals surface area contributed by atoms with E-state index in [1.54, 1.807) is 24.7 Å². The minimum Gasteiger partial charge on any atom is -0.496 e. The lowest BCUT2D eigenvalue weighted by Crippen LogP contribution is -2.09. The van der Waals surface area contributed by atoms with Crippen molar-refractivity contribution in [2.75, 3.05) is 7.11 Å². The molecule has 0 spiro atoms. The summed E-state index contributed by atoms with van der Waals surface area (Å²) in [6.45, 7) is 1.25. The molecule has 22 heavy (non-hydrogen) atoms. The summed E-state index contributed by atoms with van der Waals surface area (Å²) in [6, 6.07) is 3.58. The monoisotopic (exact) mass is 295 g/mol. The molecule has 1 N–H and O–H groups in total. The van der Waals surface area contributed by atoms with Crippen LogP contribution in [0.4, 0.5) is 0 Å². The SMILES string of the molecule is COc1ccc(-c2cnccn2)c2[nH]cc(C(=O)C(C)=O)c12. The van der Waals surface area contributed by atoms with Gasteiger partial charge in [-0.1, -0.05) is 0 Å². The molecule has 0 fully saturated rings. The van der Waals surface area contributed by atoms with Gasteiger partial charge in [0.2, 0.25) is 5.78 Å². The van der Waals surface area contributed by atoms with Crippen LogP contribution < -0.4 is 4.74 Å². The first kappa shape index (κ1) is 13.9. The second kappa shape index (κ2) is 5.40. The van der Waals surface area contributed by atoms with Crippen molar-refractivity contribution < 1.29 is 14.3 Å². The number of H-pyrrole nitrogens is 1. The number of benzene rings is 1. The van der Waals surface area contributed by atoms with Crippen LogP contribution in [0.3, 0.4) is 0 Å². The normalized spacial score (nSPS) is 10.6. The number of Topliss-reactive ketones (excluding diaryl/α,β-unsaturated/α-hetero) is 2. The standard InChI is InChI=1S/C16H13N3O3/c1-9(20)16(21)11-7-19-15-10(12-8-17-5-6-18-12)3-4-13(22-2)14(11)15/h3-8,19H,1-2H3. The minimum absolute atomic E-state index is 0.296. The molecule has 0 amide bonds. The van der Waals surface area contributed by atoms with Crippen LogP contribution in [-0.4, -0.2) is 33.6 Å². The van der Waals surface area contributed by atoms with Crippen LogP contribution in [0.5, 0.6) is 5.75 Å². The highest BCUT2D eigenvalue weighted by atomic mass is 16.5. The lowest BCUT2D eigenvalue weighted by molar-refractivity contribution is -0.113. The second-order valence-corrected chi connectivity index (χ2v) is 4.74. The van der Waals surface area contributed by atoms with Gasteiger partial charge in [-0.3, -0.25) is 19.6 Å². The van der Waals surface area contributed by atoms with E-state index in [4.69, 9.17) is 4.74 Å². The zero-order valence-electron chi connectivity index (χ0n) is 12.1. The van der Waals surface area contributed by atoms with Crippen molar-refractivity contribution in [2.24, 2.45) is 0 Å². The van der Waals surface area contributed by atoms with Gasteiger partial charge in [0.05, 0.1) is 35.5 Å². The highest BCUT2D eigenvalue weighted by Crippen LogP contribution is 2.35. The Labute approximate surface area is 126 Å². The number of nitrogens with one attached hydrogen (secondary N) is 1. The summed E-state index contributed by atoms with van der Waals surface area (Å²) >= 11 is 0. The third kappa shape index (κ3) is 2.14. The van der Waals surface area contributed by atoms with E-state index < -0.39 is 11.6 Å². The number of ether oxygens (including phenoxy) is 1. The third-order valence-electron chi connectivity index (χ3n) is 3.42. The van der Waals surface area contributed by atoms with E-state index in [1.807, 2.05) is 6.07 Å². The quantitative estimate of drug-likeness (QED) is 0.590. The van der Waals surface area contributed by atoms with Crippen molar-refractivity contribution in [3.8, 4) is 17.0 Å². The molecule has 0 unspecified atom stereocenters. The number of methoxy groups -OCH3 is 1. The molecule has 1 aromatic carbocycles.